The molecule has 3 rings (SSSR count). The van der Waals surface area contributed by atoms with Crippen molar-refractivity contribution in [1.29, 1.82) is 0 Å². The molecule has 1 aliphatic rings. The molecule has 0 unspecified atom stereocenters. The van der Waals surface area contributed by atoms with E-state index in [1.165, 1.54) is 11.3 Å². The van der Waals surface area contributed by atoms with Crippen LogP contribution in [-0.4, -0.2) is 15.0 Å². The molecule has 0 saturated heterocycles. The summed E-state index contributed by atoms with van der Waals surface area (Å²) in [5.74, 6) is 0.919. The minimum Gasteiger partial charge on any atom is -0.364 e. The molecule has 18 heavy (non-hydrogen) atoms. The lowest BCUT2D eigenvalue weighted by molar-refractivity contribution is 0.469. The number of hydrogen-bond donors (Lipinski definition) is 2. The van der Waals surface area contributed by atoms with E-state index in [0.717, 1.165) is 17.9 Å². The van der Waals surface area contributed by atoms with E-state index >= 15 is 0 Å². The Hall–Kier alpha value is -1.84. The van der Waals surface area contributed by atoms with Crippen molar-refractivity contribution in [2.24, 2.45) is 5.41 Å². The summed E-state index contributed by atoms with van der Waals surface area (Å²) in [4.78, 5) is 11.4. The van der Waals surface area contributed by atoms with Crippen LogP contribution in [0.2, 0.25) is 0 Å². The lowest BCUT2D eigenvalue weighted by Crippen LogP contribution is -2.09. The fourth-order valence-electron chi connectivity index (χ4n) is 1.64. The van der Waals surface area contributed by atoms with Gasteiger partial charge in [0.1, 0.15) is 12.1 Å². The summed E-state index contributed by atoms with van der Waals surface area (Å²) in [7, 11) is 0. The van der Waals surface area contributed by atoms with Crippen molar-refractivity contribution in [2.75, 3.05) is 5.32 Å². The quantitative estimate of drug-likeness (QED) is 0.746. The molecule has 0 aromatic carbocycles. The molecule has 2 aromatic rings. The molecule has 0 spiro atoms. The van der Waals surface area contributed by atoms with Gasteiger partial charge < -0.3 is 10.3 Å². The molecule has 96 valence electrons. The predicted molar refractivity (Wildman–Crippen MR) is 74.3 cm³/mol. The van der Waals surface area contributed by atoms with Gasteiger partial charge in [0.15, 0.2) is 0 Å². The lowest BCUT2D eigenvalue weighted by atomic mass is 10.0. The summed E-state index contributed by atoms with van der Waals surface area (Å²) in [6, 6.07) is 2.05. The molecular weight excluding hydrogens is 224 g/mol. The number of aromatic nitrogens is 3. The van der Waals surface area contributed by atoms with Crippen LogP contribution in [0.15, 0.2) is 24.8 Å². The first-order valence-electron chi connectivity index (χ1n) is 6.15. The third-order valence-electron chi connectivity index (χ3n) is 2.27. The van der Waals surface area contributed by atoms with Crippen molar-refractivity contribution in [3.63, 3.8) is 0 Å². The van der Waals surface area contributed by atoms with Crippen molar-refractivity contribution in [3.05, 3.63) is 30.5 Å². The van der Waals surface area contributed by atoms with Gasteiger partial charge in [0.25, 0.3) is 0 Å². The molecule has 0 atom stereocenters. The Kier molecular flexibility index (Phi) is 3.36. The first-order valence-corrected chi connectivity index (χ1v) is 6.15. The number of rotatable bonds is 0. The second-order valence-corrected chi connectivity index (χ2v) is 6.01. The molecule has 4 nitrogen and oxygen atoms in total. The summed E-state index contributed by atoms with van der Waals surface area (Å²) < 4.78 is 0. The number of aromatic amines is 1. The van der Waals surface area contributed by atoms with Crippen LogP contribution in [-0.2, 0) is 6.54 Å². The van der Waals surface area contributed by atoms with Gasteiger partial charge in [-0.3, -0.25) is 0 Å². The van der Waals surface area contributed by atoms with E-state index < -0.39 is 0 Å². The first-order chi connectivity index (χ1) is 8.45. The van der Waals surface area contributed by atoms with Crippen LogP contribution in [0, 0.1) is 5.41 Å². The smallest absolute Gasteiger partial charge is 0.137 e. The highest BCUT2D eigenvalue weighted by atomic mass is 15.0. The van der Waals surface area contributed by atoms with E-state index in [-0.39, 0.29) is 0 Å². The van der Waals surface area contributed by atoms with E-state index in [4.69, 9.17) is 0 Å². The minimum absolute atomic E-state index is 0.500. The highest BCUT2D eigenvalue weighted by Gasteiger charge is 2.16. The molecule has 0 aliphatic carbocycles. The Balaban J connectivity index is 0.000000209. The van der Waals surface area contributed by atoms with E-state index in [0.29, 0.717) is 5.41 Å². The second-order valence-electron chi connectivity index (χ2n) is 6.01. The van der Waals surface area contributed by atoms with Crippen LogP contribution in [0.5, 0.6) is 0 Å². The van der Waals surface area contributed by atoms with E-state index in [1.807, 2.05) is 12.4 Å². The maximum absolute atomic E-state index is 4.16. The number of H-pyrrole nitrogens is 1. The maximum atomic E-state index is 4.16. The summed E-state index contributed by atoms with van der Waals surface area (Å²) in [5, 5.41) is 3.22. The summed E-state index contributed by atoms with van der Waals surface area (Å²) in [6.07, 6.45) is 5.33. The lowest BCUT2D eigenvalue weighted by Gasteiger charge is -2.15. The number of fused-ring (bicyclic) bond motifs is 3. The second kappa shape index (κ2) is 4.80. The predicted octanol–water partition coefficient (Wildman–Crippen LogP) is 3.45. The Morgan fingerprint density at radius 2 is 1.89 bits per heavy atom. The van der Waals surface area contributed by atoms with Gasteiger partial charge in [0.2, 0.25) is 0 Å². The molecule has 1 aliphatic heterocycles. The van der Waals surface area contributed by atoms with Gasteiger partial charge in [0, 0.05) is 29.2 Å². The Bertz CT molecular complexity index is 517. The minimum atomic E-state index is 0.500. The molecule has 0 radical (unpaired) electrons. The first kappa shape index (κ1) is 12.6. The average Bonchev–Trinajstić information content (AvgIpc) is 2.75. The van der Waals surface area contributed by atoms with Crippen molar-refractivity contribution < 1.29 is 0 Å². The molecular formula is C14H20N4. The molecule has 4 heteroatoms. The van der Waals surface area contributed by atoms with Crippen LogP contribution in [0.1, 0.15) is 33.4 Å². The highest BCUT2D eigenvalue weighted by Crippen LogP contribution is 2.32. The molecule has 0 bridgehead atoms. The normalized spacial score (nSPS) is 12.7. The molecule has 2 aromatic heterocycles. The molecule has 0 saturated carbocycles. The van der Waals surface area contributed by atoms with Gasteiger partial charge in [-0.05, 0) is 11.5 Å². The van der Waals surface area contributed by atoms with Gasteiger partial charge in [-0.25, -0.2) is 9.97 Å². The maximum Gasteiger partial charge on any atom is 0.137 e. The largest absolute Gasteiger partial charge is 0.364 e. The van der Waals surface area contributed by atoms with Crippen LogP contribution >= 0.6 is 0 Å². The van der Waals surface area contributed by atoms with Crippen molar-refractivity contribution in [3.8, 4) is 11.1 Å². The third-order valence-corrected chi connectivity index (χ3v) is 2.27. The van der Waals surface area contributed by atoms with Crippen LogP contribution < -0.4 is 5.32 Å². The van der Waals surface area contributed by atoms with Crippen molar-refractivity contribution in [1.82, 2.24) is 15.0 Å². The SMILES string of the molecule is CC(C)(C)C.c1ncc2c(n1)NCc1[nH]ccc1-2. The number of anilines is 1. The van der Waals surface area contributed by atoms with Crippen molar-refractivity contribution >= 4 is 5.82 Å². The van der Waals surface area contributed by atoms with Gasteiger partial charge >= 0.3 is 0 Å². The number of nitrogens with zero attached hydrogens (tertiary/aromatic N) is 2. The van der Waals surface area contributed by atoms with E-state index in [9.17, 15) is 0 Å². The molecule has 3 heterocycles. The molecule has 0 fully saturated rings. The topological polar surface area (TPSA) is 53.6 Å². The van der Waals surface area contributed by atoms with Gasteiger partial charge in [-0.1, -0.05) is 27.7 Å². The Morgan fingerprint density at radius 1 is 1.17 bits per heavy atom. The number of nitrogens with one attached hydrogen (secondary N) is 2. The summed E-state index contributed by atoms with van der Waals surface area (Å²) in [5.41, 5.74) is 3.97. The molecule has 0 amide bonds. The molecule has 2 N–H and O–H groups in total. The summed E-state index contributed by atoms with van der Waals surface area (Å²) in [6.45, 7) is 9.56. The third kappa shape index (κ3) is 3.09. The van der Waals surface area contributed by atoms with Gasteiger partial charge in [-0.15, -0.1) is 0 Å². The van der Waals surface area contributed by atoms with Crippen LogP contribution in [0.4, 0.5) is 5.82 Å². The zero-order chi connectivity index (χ0) is 13.2. The summed E-state index contributed by atoms with van der Waals surface area (Å²) >= 11 is 0. The zero-order valence-electron chi connectivity index (χ0n) is 11.4. The van der Waals surface area contributed by atoms with Crippen LogP contribution in [0.25, 0.3) is 11.1 Å². The van der Waals surface area contributed by atoms with E-state index in [2.05, 4.69) is 54.0 Å². The highest BCUT2D eigenvalue weighted by molar-refractivity contribution is 5.78. The number of hydrogen-bond acceptors (Lipinski definition) is 3. The fraction of sp³-hybridized carbons (Fsp3) is 0.429. The van der Waals surface area contributed by atoms with Gasteiger partial charge in [-0.2, -0.15) is 0 Å². The average molecular weight is 244 g/mol. The monoisotopic (exact) mass is 244 g/mol. The standard InChI is InChI=1S/C9H8N4.C5H12/c1-2-11-8-4-12-9-7(6(1)8)3-10-5-13-9;1-5(2,3)4/h1-3,5,11H,4H2,(H,10,12,13);1-4H3. The zero-order valence-corrected chi connectivity index (χ0v) is 11.4. The fourth-order valence-corrected chi connectivity index (χ4v) is 1.64. The Labute approximate surface area is 108 Å². The Morgan fingerprint density at radius 3 is 2.61 bits per heavy atom. The van der Waals surface area contributed by atoms with Crippen molar-refractivity contribution in [2.45, 2.75) is 34.2 Å². The van der Waals surface area contributed by atoms with Crippen LogP contribution in [0.3, 0.4) is 0 Å². The van der Waals surface area contributed by atoms with Gasteiger partial charge in [0.05, 0.1) is 6.54 Å². The van der Waals surface area contributed by atoms with E-state index in [1.54, 1.807) is 6.33 Å².